The van der Waals surface area contributed by atoms with Crippen LogP contribution in [0.4, 0.5) is 0 Å². The van der Waals surface area contributed by atoms with Crippen molar-refractivity contribution in [1.82, 2.24) is 14.9 Å². The molecular formula is C20H33N3O4S. The molecule has 0 saturated heterocycles. The normalized spacial score (nSPS) is 13.8. The minimum atomic E-state index is -4.00. The van der Waals surface area contributed by atoms with E-state index in [2.05, 4.69) is 10.6 Å². The van der Waals surface area contributed by atoms with E-state index in [1.165, 1.54) is 6.07 Å². The van der Waals surface area contributed by atoms with Gasteiger partial charge in [0.25, 0.3) is 0 Å². The second-order valence-corrected chi connectivity index (χ2v) is 9.21. The molecular weight excluding hydrogens is 378 g/mol. The third kappa shape index (κ3) is 6.91. The lowest BCUT2D eigenvalue weighted by Crippen LogP contribution is -2.48. The van der Waals surface area contributed by atoms with Crippen molar-refractivity contribution in [2.24, 2.45) is 0 Å². The van der Waals surface area contributed by atoms with Crippen molar-refractivity contribution in [2.75, 3.05) is 13.1 Å². The van der Waals surface area contributed by atoms with Crippen LogP contribution in [-0.2, 0) is 19.6 Å². The Morgan fingerprint density at radius 2 is 1.39 bits per heavy atom. The van der Waals surface area contributed by atoms with Gasteiger partial charge in [0, 0.05) is 12.1 Å². The van der Waals surface area contributed by atoms with Crippen LogP contribution in [0.1, 0.15) is 51.7 Å². The molecule has 0 radical (unpaired) electrons. The van der Waals surface area contributed by atoms with E-state index in [1.807, 2.05) is 41.5 Å². The molecule has 1 aromatic rings. The summed E-state index contributed by atoms with van der Waals surface area (Å²) in [6.07, 6.45) is 1.45. The SMILES string of the molecule is CC[C@@H](C)NC(=O)CN(CC(=O)N[C@H](C)CC)S(=O)(=O)c1ccc(C)c(C)c1. The number of sulfonamides is 1. The quantitative estimate of drug-likeness (QED) is 0.616. The Morgan fingerprint density at radius 3 is 1.79 bits per heavy atom. The van der Waals surface area contributed by atoms with Crippen molar-refractivity contribution in [3.05, 3.63) is 29.3 Å². The number of hydrogen-bond acceptors (Lipinski definition) is 4. The van der Waals surface area contributed by atoms with Crippen LogP contribution in [0.5, 0.6) is 0 Å². The molecule has 1 rings (SSSR count). The van der Waals surface area contributed by atoms with Gasteiger partial charge < -0.3 is 10.6 Å². The fourth-order valence-corrected chi connectivity index (χ4v) is 3.85. The van der Waals surface area contributed by atoms with Crippen LogP contribution in [0.3, 0.4) is 0 Å². The van der Waals surface area contributed by atoms with E-state index in [9.17, 15) is 18.0 Å². The Bertz CT molecular complexity index is 767. The molecule has 7 nitrogen and oxygen atoms in total. The highest BCUT2D eigenvalue weighted by Gasteiger charge is 2.29. The van der Waals surface area contributed by atoms with Gasteiger partial charge in [-0.15, -0.1) is 0 Å². The maximum Gasteiger partial charge on any atom is 0.244 e. The zero-order chi connectivity index (χ0) is 21.5. The molecule has 0 heterocycles. The van der Waals surface area contributed by atoms with Gasteiger partial charge in [0.15, 0.2) is 0 Å². The number of hydrogen-bond donors (Lipinski definition) is 2. The fourth-order valence-electron chi connectivity index (χ4n) is 2.41. The summed E-state index contributed by atoms with van der Waals surface area (Å²) in [6.45, 7) is 10.4. The number of amides is 2. The summed E-state index contributed by atoms with van der Waals surface area (Å²) >= 11 is 0. The lowest BCUT2D eigenvalue weighted by atomic mass is 10.1. The van der Waals surface area contributed by atoms with E-state index in [4.69, 9.17) is 0 Å². The molecule has 28 heavy (non-hydrogen) atoms. The Kier molecular flexibility index (Phi) is 9.10. The third-order valence-corrected chi connectivity index (χ3v) is 6.58. The Labute approximate surface area is 168 Å². The molecule has 2 atom stereocenters. The Morgan fingerprint density at radius 1 is 0.929 bits per heavy atom. The van der Waals surface area contributed by atoms with Gasteiger partial charge in [0.2, 0.25) is 21.8 Å². The molecule has 8 heteroatoms. The average Bonchev–Trinajstić information content (AvgIpc) is 2.62. The maximum absolute atomic E-state index is 13.1. The second kappa shape index (κ2) is 10.6. The lowest BCUT2D eigenvalue weighted by Gasteiger charge is -2.23. The molecule has 0 unspecified atom stereocenters. The van der Waals surface area contributed by atoms with Gasteiger partial charge in [-0.05, 0) is 63.8 Å². The van der Waals surface area contributed by atoms with Crippen LogP contribution in [-0.4, -0.2) is 49.7 Å². The van der Waals surface area contributed by atoms with E-state index >= 15 is 0 Å². The number of nitrogens with one attached hydrogen (secondary N) is 2. The topological polar surface area (TPSA) is 95.6 Å². The first-order valence-corrected chi connectivity index (χ1v) is 11.1. The predicted molar refractivity (Wildman–Crippen MR) is 110 cm³/mol. The summed E-state index contributed by atoms with van der Waals surface area (Å²) in [6, 6.07) is 4.64. The van der Waals surface area contributed by atoms with Crippen molar-refractivity contribution in [1.29, 1.82) is 0 Å². The molecule has 0 fully saturated rings. The molecule has 0 aliphatic rings. The third-order valence-electron chi connectivity index (χ3n) is 4.80. The van der Waals surface area contributed by atoms with E-state index in [0.29, 0.717) is 0 Å². The number of aryl methyl sites for hydroxylation is 2. The summed E-state index contributed by atoms with van der Waals surface area (Å²) in [4.78, 5) is 24.7. The summed E-state index contributed by atoms with van der Waals surface area (Å²) in [5.41, 5.74) is 1.80. The molecule has 2 N–H and O–H groups in total. The van der Waals surface area contributed by atoms with E-state index < -0.39 is 34.9 Å². The summed E-state index contributed by atoms with van der Waals surface area (Å²) < 4.78 is 27.2. The van der Waals surface area contributed by atoms with Crippen molar-refractivity contribution < 1.29 is 18.0 Å². The van der Waals surface area contributed by atoms with E-state index in [-0.39, 0.29) is 17.0 Å². The molecule has 2 amide bonds. The minimum Gasteiger partial charge on any atom is -0.353 e. The molecule has 0 saturated carbocycles. The van der Waals surface area contributed by atoms with Crippen LogP contribution in [0, 0.1) is 13.8 Å². The first-order chi connectivity index (χ1) is 13.0. The summed E-state index contributed by atoms with van der Waals surface area (Å²) in [7, 11) is -4.00. The van der Waals surface area contributed by atoms with Crippen molar-refractivity contribution in [2.45, 2.75) is 71.4 Å². The molecule has 158 valence electrons. The van der Waals surface area contributed by atoms with Crippen molar-refractivity contribution in [3.8, 4) is 0 Å². The molecule has 0 aliphatic carbocycles. The zero-order valence-electron chi connectivity index (χ0n) is 17.7. The second-order valence-electron chi connectivity index (χ2n) is 7.27. The first kappa shape index (κ1) is 24.1. The number of carbonyl (C=O) groups is 2. The number of benzene rings is 1. The van der Waals surface area contributed by atoms with Gasteiger partial charge in [0.05, 0.1) is 18.0 Å². The highest BCUT2D eigenvalue weighted by molar-refractivity contribution is 7.89. The van der Waals surface area contributed by atoms with Gasteiger partial charge in [0.1, 0.15) is 0 Å². The van der Waals surface area contributed by atoms with Crippen LogP contribution in [0.25, 0.3) is 0 Å². The standard InChI is InChI=1S/C20H33N3O4S/c1-7-16(5)21-19(24)12-23(13-20(25)22-17(6)8-2)28(26,27)18-10-9-14(3)15(4)11-18/h9-11,16-17H,7-8,12-13H2,1-6H3,(H,21,24)(H,22,25)/t16-,17-/m1/s1. The average molecular weight is 412 g/mol. The first-order valence-electron chi connectivity index (χ1n) is 9.67. The van der Waals surface area contributed by atoms with E-state index in [0.717, 1.165) is 28.3 Å². The number of rotatable bonds is 10. The smallest absolute Gasteiger partial charge is 0.244 e. The zero-order valence-corrected chi connectivity index (χ0v) is 18.5. The van der Waals surface area contributed by atoms with Crippen LogP contribution < -0.4 is 10.6 Å². The van der Waals surface area contributed by atoms with Crippen LogP contribution in [0.15, 0.2) is 23.1 Å². The molecule has 0 aliphatic heterocycles. The highest BCUT2D eigenvalue weighted by atomic mass is 32.2. The largest absolute Gasteiger partial charge is 0.353 e. The highest BCUT2D eigenvalue weighted by Crippen LogP contribution is 2.19. The summed E-state index contributed by atoms with van der Waals surface area (Å²) in [5, 5.41) is 5.51. The molecule has 1 aromatic carbocycles. The van der Waals surface area contributed by atoms with Gasteiger partial charge >= 0.3 is 0 Å². The molecule has 0 bridgehead atoms. The Hall–Kier alpha value is -1.93. The van der Waals surface area contributed by atoms with Gasteiger partial charge in [-0.25, -0.2) is 8.42 Å². The van der Waals surface area contributed by atoms with Crippen molar-refractivity contribution >= 4 is 21.8 Å². The number of carbonyl (C=O) groups excluding carboxylic acids is 2. The predicted octanol–water partition coefficient (Wildman–Crippen LogP) is 2.12. The Balaban J connectivity index is 3.14. The lowest BCUT2D eigenvalue weighted by molar-refractivity contribution is -0.124. The van der Waals surface area contributed by atoms with E-state index in [1.54, 1.807) is 12.1 Å². The summed E-state index contributed by atoms with van der Waals surface area (Å²) in [5.74, 6) is -0.865. The van der Waals surface area contributed by atoms with Crippen molar-refractivity contribution in [3.63, 3.8) is 0 Å². The van der Waals surface area contributed by atoms with Crippen LogP contribution >= 0.6 is 0 Å². The van der Waals surface area contributed by atoms with Crippen LogP contribution in [0.2, 0.25) is 0 Å². The van der Waals surface area contributed by atoms with Gasteiger partial charge in [-0.3, -0.25) is 9.59 Å². The van der Waals surface area contributed by atoms with Gasteiger partial charge in [-0.1, -0.05) is 19.9 Å². The maximum atomic E-state index is 13.1. The minimum absolute atomic E-state index is 0.0725. The fraction of sp³-hybridized carbons (Fsp3) is 0.600. The molecule has 0 aromatic heterocycles. The molecule has 0 spiro atoms. The van der Waals surface area contributed by atoms with Gasteiger partial charge in [-0.2, -0.15) is 4.31 Å². The number of nitrogens with zero attached hydrogens (tertiary/aromatic N) is 1. The monoisotopic (exact) mass is 411 g/mol.